The second kappa shape index (κ2) is 6.11. The number of hydrogen-bond acceptors (Lipinski definition) is 4. The van der Waals surface area contributed by atoms with Crippen LogP contribution in [0.3, 0.4) is 0 Å². The fourth-order valence-corrected chi connectivity index (χ4v) is 3.65. The first-order valence-electron chi connectivity index (χ1n) is 5.56. The van der Waals surface area contributed by atoms with Crippen molar-refractivity contribution in [2.24, 2.45) is 0 Å². The first kappa shape index (κ1) is 13.3. The van der Waals surface area contributed by atoms with Gasteiger partial charge in [0.15, 0.2) is 9.84 Å². The van der Waals surface area contributed by atoms with Gasteiger partial charge in [0, 0.05) is 18.3 Å². The summed E-state index contributed by atoms with van der Waals surface area (Å²) in [5.74, 6) is 1.53. The molecule has 0 radical (unpaired) electrons. The third-order valence-corrected chi connectivity index (χ3v) is 6.29. The number of sulfone groups is 1. The summed E-state index contributed by atoms with van der Waals surface area (Å²) >= 11 is 1.99. The first-order valence-corrected chi connectivity index (χ1v) is 8.32. The Bertz CT molecular complexity index is 269. The van der Waals surface area contributed by atoms with Gasteiger partial charge in [-0.1, -0.05) is 0 Å². The fraction of sp³-hybridized carbons (Fsp3) is 1.00. The van der Waals surface area contributed by atoms with Crippen molar-refractivity contribution in [1.29, 1.82) is 0 Å². The zero-order valence-corrected chi connectivity index (χ0v) is 11.2. The van der Waals surface area contributed by atoms with Gasteiger partial charge in [-0.2, -0.15) is 11.8 Å². The average molecular weight is 251 g/mol. The van der Waals surface area contributed by atoms with Crippen LogP contribution in [0.2, 0.25) is 0 Å². The standard InChI is InChI=1S/C10H21NO2S2/c1-9(2)15(12,13)7-5-11-8-10-4-3-6-14-10/h9-11H,3-8H2,1-2H3. The van der Waals surface area contributed by atoms with Crippen LogP contribution >= 0.6 is 11.8 Å². The molecule has 15 heavy (non-hydrogen) atoms. The molecule has 1 rings (SSSR count). The van der Waals surface area contributed by atoms with Gasteiger partial charge >= 0.3 is 0 Å². The van der Waals surface area contributed by atoms with E-state index in [0.717, 1.165) is 6.54 Å². The van der Waals surface area contributed by atoms with Crippen LogP contribution in [0.15, 0.2) is 0 Å². The van der Waals surface area contributed by atoms with E-state index in [2.05, 4.69) is 5.32 Å². The SMILES string of the molecule is CC(C)S(=O)(=O)CCNCC1CCCS1. The van der Waals surface area contributed by atoms with E-state index in [-0.39, 0.29) is 11.0 Å². The zero-order chi connectivity index (χ0) is 11.3. The molecule has 5 heteroatoms. The molecule has 1 saturated heterocycles. The van der Waals surface area contributed by atoms with Crippen LogP contribution in [0.1, 0.15) is 26.7 Å². The van der Waals surface area contributed by atoms with E-state index in [0.29, 0.717) is 11.8 Å². The Morgan fingerprint density at radius 1 is 1.47 bits per heavy atom. The predicted octanol–water partition coefficient (Wildman–Crippen LogP) is 1.29. The van der Waals surface area contributed by atoms with Crippen molar-refractivity contribution < 1.29 is 8.42 Å². The molecule has 90 valence electrons. The van der Waals surface area contributed by atoms with Gasteiger partial charge in [-0.15, -0.1) is 0 Å². The maximum Gasteiger partial charge on any atom is 0.153 e. The minimum atomic E-state index is -2.86. The molecule has 1 heterocycles. The third-order valence-electron chi connectivity index (χ3n) is 2.68. The molecule has 1 atom stereocenters. The lowest BCUT2D eigenvalue weighted by Gasteiger charge is -2.11. The van der Waals surface area contributed by atoms with Gasteiger partial charge in [-0.05, 0) is 32.4 Å². The summed E-state index contributed by atoms with van der Waals surface area (Å²) in [6.45, 7) is 5.03. The van der Waals surface area contributed by atoms with E-state index in [4.69, 9.17) is 0 Å². The Kier molecular flexibility index (Phi) is 5.43. The highest BCUT2D eigenvalue weighted by Gasteiger charge is 2.17. The van der Waals surface area contributed by atoms with Crippen molar-refractivity contribution in [1.82, 2.24) is 5.32 Å². The maximum atomic E-state index is 11.5. The average Bonchev–Trinajstić information content (AvgIpc) is 2.64. The summed E-state index contributed by atoms with van der Waals surface area (Å²) in [4.78, 5) is 0. The minimum absolute atomic E-state index is 0.250. The Morgan fingerprint density at radius 2 is 2.20 bits per heavy atom. The van der Waals surface area contributed by atoms with E-state index in [1.54, 1.807) is 13.8 Å². The largest absolute Gasteiger partial charge is 0.315 e. The first-order chi connectivity index (χ1) is 7.02. The van der Waals surface area contributed by atoms with E-state index in [1.165, 1.54) is 18.6 Å². The van der Waals surface area contributed by atoms with Crippen LogP contribution in [0, 0.1) is 0 Å². The lowest BCUT2D eigenvalue weighted by molar-refractivity contribution is 0.581. The van der Waals surface area contributed by atoms with Crippen LogP contribution in [0.5, 0.6) is 0 Å². The summed E-state index contributed by atoms with van der Waals surface area (Å²) in [5.41, 5.74) is 0. The predicted molar refractivity (Wildman–Crippen MR) is 67.3 cm³/mol. The summed E-state index contributed by atoms with van der Waals surface area (Å²) in [7, 11) is -2.86. The molecular weight excluding hydrogens is 230 g/mol. The second-order valence-corrected chi connectivity index (χ2v) is 8.34. The topological polar surface area (TPSA) is 46.2 Å². The van der Waals surface area contributed by atoms with Crippen LogP contribution < -0.4 is 5.32 Å². The van der Waals surface area contributed by atoms with Crippen LogP contribution in [0.4, 0.5) is 0 Å². The summed E-state index contributed by atoms with van der Waals surface area (Å²) < 4.78 is 23.0. The Hall–Kier alpha value is 0.260. The van der Waals surface area contributed by atoms with Gasteiger partial charge in [-0.25, -0.2) is 8.42 Å². The fourth-order valence-electron chi connectivity index (χ4n) is 1.52. The molecule has 0 saturated carbocycles. The quantitative estimate of drug-likeness (QED) is 0.723. The van der Waals surface area contributed by atoms with Crippen molar-refractivity contribution >= 4 is 21.6 Å². The van der Waals surface area contributed by atoms with Crippen molar-refractivity contribution in [3.63, 3.8) is 0 Å². The number of nitrogens with one attached hydrogen (secondary N) is 1. The normalized spacial score (nSPS) is 22.5. The summed E-state index contributed by atoms with van der Waals surface area (Å²) in [6, 6.07) is 0. The summed E-state index contributed by atoms with van der Waals surface area (Å²) in [5, 5.41) is 3.69. The van der Waals surface area contributed by atoms with Crippen LogP contribution in [0.25, 0.3) is 0 Å². The van der Waals surface area contributed by atoms with Crippen molar-refractivity contribution in [2.45, 2.75) is 37.2 Å². The van der Waals surface area contributed by atoms with Crippen molar-refractivity contribution in [2.75, 3.05) is 24.6 Å². The Labute approximate surface area is 97.3 Å². The highest BCUT2D eigenvalue weighted by atomic mass is 32.2. The molecule has 0 bridgehead atoms. The molecule has 1 aliphatic rings. The van der Waals surface area contributed by atoms with Gasteiger partial charge < -0.3 is 5.32 Å². The van der Waals surface area contributed by atoms with Crippen LogP contribution in [-0.2, 0) is 9.84 Å². The number of thioether (sulfide) groups is 1. The molecule has 0 aromatic carbocycles. The van der Waals surface area contributed by atoms with Gasteiger partial charge in [0.1, 0.15) is 0 Å². The van der Waals surface area contributed by atoms with E-state index in [9.17, 15) is 8.42 Å². The lowest BCUT2D eigenvalue weighted by Crippen LogP contribution is -2.30. The molecule has 3 nitrogen and oxygen atoms in total. The minimum Gasteiger partial charge on any atom is -0.315 e. The van der Waals surface area contributed by atoms with Gasteiger partial charge in [0.05, 0.1) is 11.0 Å². The zero-order valence-electron chi connectivity index (χ0n) is 9.53. The molecule has 1 fully saturated rings. The molecular formula is C10H21NO2S2. The van der Waals surface area contributed by atoms with Crippen molar-refractivity contribution in [3.05, 3.63) is 0 Å². The van der Waals surface area contributed by atoms with E-state index in [1.807, 2.05) is 11.8 Å². The molecule has 1 unspecified atom stereocenters. The summed E-state index contributed by atoms with van der Waals surface area (Å²) in [6.07, 6.45) is 2.58. The van der Waals surface area contributed by atoms with E-state index >= 15 is 0 Å². The Morgan fingerprint density at radius 3 is 2.73 bits per heavy atom. The van der Waals surface area contributed by atoms with E-state index < -0.39 is 9.84 Å². The molecule has 0 spiro atoms. The molecule has 0 aliphatic carbocycles. The van der Waals surface area contributed by atoms with Crippen molar-refractivity contribution in [3.8, 4) is 0 Å². The highest BCUT2D eigenvalue weighted by molar-refractivity contribution is 8.00. The molecule has 1 N–H and O–H groups in total. The lowest BCUT2D eigenvalue weighted by atomic mass is 10.2. The van der Waals surface area contributed by atoms with Gasteiger partial charge in [0.25, 0.3) is 0 Å². The molecule has 1 aliphatic heterocycles. The molecule has 0 aromatic rings. The highest BCUT2D eigenvalue weighted by Crippen LogP contribution is 2.25. The van der Waals surface area contributed by atoms with Gasteiger partial charge in [-0.3, -0.25) is 0 Å². The molecule has 0 amide bonds. The van der Waals surface area contributed by atoms with Gasteiger partial charge in [0.2, 0.25) is 0 Å². The third kappa shape index (κ3) is 4.74. The molecule has 0 aromatic heterocycles. The number of rotatable bonds is 6. The monoisotopic (exact) mass is 251 g/mol. The number of hydrogen-bond donors (Lipinski definition) is 1. The maximum absolute atomic E-state index is 11.5. The van der Waals surface area contributed by atoms with Crippen LogP contribution in [-0.4, -0.2) is 43.5 Å². The smallest absolute Gasteiger partial charge is 0.153 e. The second-order valence-electron chi connectivity index (χ2n) is 4.25. The Balaban J connectivity index is 2.11.